The molecule has 0 fully saturated rings. The van der Waals surface area contributed by atoms with E-state index in [0.29, 0.717) is 10.2 Å². The highest BCUT2D eigenvalue weighted by molar-refractivity contribution is 9.10. The summed E-state index contributed by atoms with van der Waals surface area (Å²) in [6.07, 6.45) is 2.94. The summed E-state index contributed by atoms with van der Waals surface area (Å²) in [4.78, 5) is 31.0. The van der Waals surface area contributed by atoms with Crippen molar-refractivity contribution in [3.05, 3.63) is 46.7 Å². The first-order valence-corrected chi connectivity index (χ1v) is 6.51. The van der Waals surface area contributed by atoms with Crippen LogP contribution in [0, 0.1) is 6.92 Å². The van der Waals surface area contributed by atoms with Crippen molar-refractivity contribution in [2.24, 2.45) is 0 Å². The fourth-order valence-corrected chi connectivity index (χ4v) is 2.01. The van der Waals surface area contributed by atoms with Crippen LogP contribution in [0.5, 0.6) is 0 Å². The maximum absolute atomic E-state index is 11.8. The molecular weight excluding hydrogens is 324 g/mol. The van der Waals surface area contributed by atoms with Gasteiger partial charge in [-0.25, -0.2) is 9.97 Å². The van der Waals surface area contributed by atoms with E-state index in [0.717, 1.165) is 5.56 Å². The molecule has 0 aliphatic rings. The summed E-state index contributed by atoms with van der Waals surface area (Å²) >= 11 is 3.32. The number of benzene rings is 1. The molecule has 6 nitrogen and oxygen atoms in total. The minimum Gasteiger partial charge on any atom is -0.317 e. The van der Waals surface area contributed by atoms with Crippen molar-refractivity contribution in [2.45, 2.75) is 6.92 Å². The van der Waals surface area contributed by atoms with E-state index in [-0.39, 0.29) is 5.95 Å². The third kappa shape index (κ3) is 3.61. The van der Waals surface area contributed by atoms with Crippen molar-refractivity contribution in [3.63, 3.8) is 0 Å². The molecule has 20 heavy (non-hydrogen) atoms. The van der Waals surface area contributed by atoms with Gasteiger partial charge in [-0.15, -0.1) is 0 Å². The van der Waals surface area contributed by atoms with E-state index in [2.05, 4.69) is 36.5 Å². The third-order valence-corrected chi connectivity index (χ3v) is 3.03. The van der Waals surface area contributed by atoms with Gasteiger partial charge in [-0.2, -0.15) is 0 Å². The van der Waals surface area contributed by atoms with Gasteiger partial charge in [0.2, 0.25) is 5.95 Å². The Kier molecular flexibility index (Phi) is 4.41. The molecule has 2 N–H and O–H groups in total. The van der Waals surface area contributed by atoms with Crippen LogP contribution in [0.25, 0.3) is 0 Å². The number of hydrogen-bond donors (Lipinski definition) is 2. The van der Waals surface area contributed by atoms with Crippen LogP contribution in [0.15, 0.2) is 41.1 Å². The van der Waals surface area contributed by atoms with Gasteiger partial charge in [0, 0.05) is 16.9 Å². The van der Waals surface area contributed by atoms with E-state index in [1.807, 2.05) is 19.1 Å². The monoisotopic (exact) mass is 334 g/mol. The number of rotatable bonds is 2. The minimum atomic E-state index is -0.830. The zero-order chi connectivity index (χ0) is 14.5. The predicted molar refractivity (Wildman–Crippen MR) is 78.2 cm³/mol. The Labute approximate surface area is 123 Å². The first-order valence-electron chi connectivity index (χ1n) is 5.72. The topological polar surface area (TPSA) is 84.0 Å². The summed E-state index contributed by atoms with van der Waals surface area (Å²) in [6.45, 7) is 1.93. The van der Waals surface area contributed by atoms with Crippen molar-refractivity contribution < 1.29 is 9.59 Å². The molecule has 1 aromatic heterocycles. The molecule has 0 aliphatic carbocycles. The lowest BCUT2D eigenvalue weighted by Crippen LogP contribution is -2.29. The normalized spacial score (nSPS) is 9.90. The van der Waals surface area contributed by atoms with Gasteiger partial charge in [-0.3, -0.25) is 14.9 Å². The summed E-state index contributed by atoms with van der Waals surface area (Å²) in [6, 6.07) is 7.00. The number of nitrogens with one attached hydrogen (secondary N) is 2. The molecule has 2 aromatic rings. The SMILES string of the molecule is Cc1ccc(NC(=O)C(=O)Nc2ncccn2)c(Br)c1. The van der Waals surface area contributed by atoms with Crippen LogP contribution >= 0.6 is 15.9 Å². The maximum Gasteiger partial charge on any atom is 0.316 e. The van der Waals surface area contributed by atoms with Crippen molar-refractivity contribution in [1.29, 1.82) is 0 Å². The third-order valence-electron chi connectivity index (χ3n) is 2.37. The Morgan fingerprint density at radius 3 is 2.40 bits per heavy atom. The van der Waals surface area contributed by atoms with Crippen LogP contribution in [0.3, 0.4) is 0 Å². The van der Waals surface area contributed by atoms with Crippen molar-refractivity contribution in [1.82, 2.24) is 9.97 Å². The van der Waals surface area contributed by atoms with E-state index in [1.54, 1.807) is 12.1 Å². The van der Waals surface area contributed by atoms with Gasteiger partial charge in [0.25, 0.3) is 0 Å². The zero-order valence-corrected chi connectivity index (χ0v) is 12.1. The molecule has 0 radical (unpaired) electrons. The van der Waals surface area contributed by atoms with E-state index in [9.17, 15) is 9.59 Å². The highest BCUT2D eigenvalue weighted by Crippen LogP contribution is 2.23. The molecule has 2 amide bonds. The smallest absolute Gasteiger partial charge is 0.316 e. The largest absolute Gasteiger partial charge is 0.317 e. The summed E-state index contributed by atoms with van der Waals surface area (Å²) in [5, 5.41) is 4.81. The Morgan fingerprint density at radius 1 is 1.10 bits per heavy atom. The predicted octanol–water partition coefficient (Wildman–Crippen LogP) is 2.12. The van der Waals surface area contributed by atoms with Crippen LogP contribution in [-0.2, 0) is 9.59 Å². The van der Waals surface area contributed by atoms with Crippen LogP contribution in [0.2, 0.25) is 0 Å². The van der Waals surface area contributed by atoms with E-state index in [4.69, 9.17) is 0 Å². The fraction of sp³-hybridized carbons (Fsp3) is 0.0769. The molecule has 0 bridgehead atoms. The number of carbonyl (C=O) groups is 2. The van der Waals surface area contributed by atoms with Gasteiger partial charge in [0.05, 0.1) is 5.69 Å². The second-order valence-electron chi connectivity index (χ2n) is 3.96. The van der Waals surface area contributed by atoms with Gasteiger partial charge in [0.1, 0.15) is 0 Å². The van der Waals surface area contributed by atoms with Gasteiger partial charge >= 0.3 is 11.8 Å². The highest BCUT2D eigenvalue weighted by Gasteiger charge is 2.16. The molecule has 0 spiro atoms. The van der Waals surface area contributed by atoms with Gasteiger partial charge in [-0.05, 0) is 46.6 Å². The minimum absolute atomic E-state index is 0.0793. The Bertz CT molecular complexity index is 646. The first kappa shape index (κ1) is 14.1. The first-order chi connectivity index (χ1) is 9.56. The summed E-state index contributed by atoms with van der Waals surface area (Å²) < 4.78 is 0.703. The molecule has 0 saturated carbocycles. The van der Waals surface area contributed by atoms with Crippen LogP contribution in [0.4, 0.5) is 11.6 Å². The lowest BCUT2D eigenvalue weighted by Gasteiger charge is -2.07. The maximum atomic E-state index is 11.8. The van der Waals surface area contributed by atoms with Crippen LogP contribution in [-0.4, -0.2) is 21.8 Å². The zero-order valence-electron chi connectivity index (χ0n) is 10.6. The standard InChI is InChI=1S/C13H11BrN4O2/c1-8-3-4-10(9(14)7-8)17-11(19)12(20)18-13-15-5-2-6-16-13/h2-7H,1H3,(H,17,19)(H,15,16,18,20). The number of aromatic nitrogens is 2. The van der Waals surface area contributed by atoms with E-state index < -0.39 is 11.8 Å². The quantitative estimate of drug-likeness (QED) is 0.824. The molecule has 1 aromatic carbocycles. The molecule has 2 rings (SSSR count). The van der Waals surface area contributed by atoms with Gasteiger partial charge in [0.15, 0.2) is 0 Å². The number of halogens is 1. The highest BCUT2D eigenvalue weighted by atomic mass is 79.9. The number of aryl methyl sites for hydroxylation is 1. The summed E-state index contributed by atoms with van der Waals surface area (Å²) in [5.41, 5.74) is 1.56. The average Bonchev–Trinajstić information content (AvgIpc) is 2.43. The molecule has 1 heterocycles. The lowest BCUT2D eigenvalue weighted by atomic mass is 10.2. The van der Waals surface area contributed by atoms with Crippen LogP contribution < -0.4 is 10.6 Å². The second-order valence-corrected chi connectivity index (χ2v) is 4.82. The number of anilines is 2. The molecule has 0 aliphatic heterocycles. The van der Waals surface area contributed by atoms with Crippen molar-refractivity contribution >= 4 is 39.4 Å². The molecule has 7 heteroatoms. The fourth-order valence-electron chi connectivity index (χ4n) is 1.42. The number of amides is 2. The Hall–Kier alpha value is -2.28. The average molecular weight is 335 g/mol. The Morgan fingerprint density at radius 2 is 1.75 bits per heavy atom. The Balaban J connectivity index is 2.03. The molecule has 0 unspecified atom stereocenters. The number of carbonyl (C=O) groups excluding carboxylic acids is 2. The van der Waals surface area contributed by atoms with E-state index >= 15 is 0 Å². The number of hydrogen-bond acceptors (Lipinski definition) is 4. The van der Waals surface area contributed by atoms with Gasteiger partial charge in [-0.1, -0.05) is 6.07 Å². The van der Waals surface area contributed by atoms with Crippen molar-refractivity contribution in [2.75, 3.05) is 10.6 Å². The molecule has 102 valence electrons. The van der Waals surface area contributed by atoms with Gasteiger partial charge < -0.3 is 5.32 Å². The molecular formula is C13H11BrN4O2. The molecule has 0 atom stereocenters. The lowest BCUT2D eigenvalue weighted by molar-refractivity contribution is -0.133. The van der Waals surface area contributed by atoms with E-state index in [1.165, 1.54) is 12.4 Å². The summed E-state index contributed by atoms with van der Waals surface area (Å²) in [5.74, 6) is -1.54. The van der Waals surface area contributed by atoms with Crippen LogP contribution in [0.1, 0.15) is 5.56 Å². The second kappa shape index (κ2) is 6.25. The molecule has 0 saturated heterocycles. The van der Waals surface area contributed by atoms with Crippen molar-refractivity contribution in [3.8, 4) is 0 Å². The summed E-state index contributed by atoms with van der Waals surface area (Å²) in [7, 11) is 0. The number of nitrogens with zero attached hydrogens (tertiary/aromatic N) is 2.